The number of nitrogens with zero attached hydrogens (tertiary/aromatic N) is 1. The number of anilines is 1. The summed E-state index contributed by atoms with van der Waals surface area (Å²) in [5, 5.41) is 8.46. The van der Waals surface area contributed by atoms with Gasteiger partial charge in [-0.1, -0.05) is 30.7 Å². The summed E-state index contributed by atoms with van der Waals surface area (Å²) < 4.78 is 6.79. The molecule has 0 atom stereocenters. The molecule has 0 bridgehead atoms. The van der Waals surface area contributed by atoms with Crippen LogP contribution in [0.2, 0.25) is 0 Å². The third kappa shape index (κ3) is 7.69. The first kappa shape index (κ1) is 22.6. The number of carbonyl (C=O) groups is 3. The van der Waals surface area contributed by atoms with E-state index in [1.807, 2.05) is 25.1 Å². The van der Waals surface area contributed by atoms with Gasteiger partial charge in [-0.3, -0.25) is 14.4 Å². The van der Waals surface area contributed by atoms with Crippen molar-refractivity contribution in [1.29, 1.82) is 0 Å². The molecular formula is C20H28N4O4S. The maximum absolute atomic E-state index is 11.6. The fourth-order valence-electron chi connectivity index (χ4n) is 2.57. The van der Waals surface area contributed by atoms with E-state index in [1.165, 1.54) is 18.3 Å². The Labute approximate surface area is 174 Å². The van der Waals surface area contributed by atoms with E-state index in [4.69, 9.17) is 4.74 Å². The lowest BCUT2D eigenvalue weighted by Gasteiger charge is -2.08. The number of para-hydroxylation sites is 1. The van der Waals surface area contributed by atoms with E-state index in [0.717, 1.165) is 42.3 Å². The molecule has 0 fully saturated rings. The zero-order chi connectivity index (χ0) is 21.1. The first-order valence-electron chi connectivity index (χ1n) is 9.87. The largest absolute Gasteiger partial charge is 0.491 e. The zero-order valence-corrected chi connectivity index (χ0v) is 17.7. The highest BCUT2D eigenvalue weighted by atomic mass is 32.1. The molecule has 0 aliphatic carbocycles. The van der Waals surface area contributed by atoms with Gasteiger partial charge in [0.05, 0.1) is 11.3 Å². The molecule has 8 nitrogen and oxygen atoms in total. The van der Waals surface area contributed by atoms with E-state index in [0.29, 0.717) is 30.6 Å². The molecule has 0 aliphatic heterocycles. The van der Waals surface area contributed by atoms with Gasteiger partial charge in [0.25, 0.3) is 0 Å². The van der Waals surface area contributed by atoms with Crippen LogP contribution in [-0.2, 0) is 14.4 Å². The standard InChI is InChI=1S/C20H28N4O4S/c1-3-4-11-21-18(26)19(27)22-12-6-5-7-13-28-15-9-8-10-16-17(15)24-20(29-16)23-14(2)25/h8-10H,3-7,11-13H2,1-2H3,(H,21,26)(H,22,27)(H,23,24,25). The number of benzene rings is 1. The Hall–Kier alpha value is -2.68. The number of nitrogens with one attached hydrogen (secondary N) is 3. The molecule has 158 valence electrons. The number of rotatable bonds is 11. The van der Waals surface area contributed by atoms with E-state index < -0.39 is 11.8 Å². The number of aromatic nitrogens is 1. The lowest BCUT2D eigenvalue weighted by molar-refractivity contribution is -0.139. The highest BCUT2D eigenvalue weighted by molar-refractivity contribution is 7.22. The molecule has 0 aliphatic rings. The van der Waals surface area contributed by atoms with E-state index >= 15 is 0 Å². The molecule has 0 saturated heterocycles. The lowest BCUT2D eigenvalue weighted by atomic mass is 10.2. The monoisotopic (exact) mass is 420 g/mol. The molecule has 0 unspecified atom stereocenters. The molecule has 0 radical (unpaired) electrons. The Bertz CT molecular complexity index is 837. The highest BCUT2D eigenvalue weighted by Gasteiger charge is 2.12. The smallest absolute Gasteiger partial charge is 0.309 e. The van der Waals surface area contributed by atoms with E-state index in [-0.39, 0.29) is 5.91 Å². The Morgan fingerprint density at radius 2 is 1.76 bits per heavy atom. The van der Waals surface area contributed by atoms with Crippen molar-refractivity contribution in [3.8, 4) is 5.75 Å². The van der Waals surface area contributed by atoms with Gasteiger partial charge in [0.15, 0.2) is 5.13 Å². The summed E-state index contributed by atoms with van der Waals surface area (Å²) in [5.41, 5.74) is 0.739. The molecule has 1 aromatic carbocycles. The van der Waals surface area contributed by atoms with Crippen molar-refractivity contribution in [2.24, 2.45) is 0 Å². The topological polar surface area (TPSA) is 109 Å². The van der Waals surface area contributed by atoms with Gasteiger partial charge in [0.2, 0.25) is 5.91 Å². The lowest BCUT2D eigenvalue weighted by Crippen LogP contribution is -2.40. The Morgan fingerprint density at radius 1 is 1.03 bits per heavy atom. The summed E-state index contributed by atoms with van der Waals surface area (Å²) in [6.07, 6.45) is 4.28. The molecule has 3 amide bonds. The average Bonchev–Trinajstić information content (AvgIpc) is 3.09. The van der Waals surface area contributed by atoms with Crippen LogP contribution in [0.25, 0.3) is 10.2 Å². The first-order chi connectivity index (χ1) is 14.0. The van der Waals surface area contributed by atoms with Crippen LogP contribution in [0, 0.1) is 0 Å². The number of hydrogen-bond donors (Lipinski definition) is 3. The van der Waals surface area contributed by atoms with Gasteiger partial charge in [-0.15, -0.1) is 0 Å². The first-order valence-corrected chi connectivity index (χ1v) is 10.7. The van der Waals surface area contributed by atoms with Crippen molar-refractivity contribution in [1.82, 2.24) is 15.6 Å². The van der Waals surface area contributed by atoms with Gasteiger partial charge < -0.3 is 20.7 Å². The van der Waals surface area contributed by atoms with Crippen LogP contribution in [0.15, 0.2) is 18.2 Å². The van der Waals surface area contributed by atoms with E-state index in [1.54, 1.807) is 0 Å². The molecule has 2 rings (SSSR count). The number of carbonyl (C=O) groups excluding carboxylic acids is 3. The van der Waals surface area contributed by atoms with Crippen LogP contribution in [0.4, 0.5) is 5.13 Å². The average molecular weight is 421 g/mol. The van der Waals surface area contributed by atoms with Crippen molar-refractivity contribution in [2.75, 3.05) is 25.0 Å². The Balaban J connectivity index is 1.65. The number of hydrogen-bond acceptors (Lipinski definition) is 6. The Morgan fingerprint density at radius 3 is 2.45 bits per heavy atom. The molecule has 3 N–H and O–H groups in total. The number of unbranched alkanes of at least 4 members (excludes halogenated alkanes) is 3. The van der Waals surface area contributed by atoms with Gasteiger partial charge in [0.1, 0.15) is 11.3 Å². The predicted molar refractivity (Wildman–Crippen MR) is 114 cm³/mol. The highest BCUT2D eigenvalue weighted by Crippen LogP contribution is 2.32. The van der Waals surface area contributed by atoms with Crippen LogP contribution < -0.4 is 20.7 Å². The van der Waals surface area contributed by atoms with Gasteiger partial charge in [-0.2, -0.15) is 0 Å². The van der Waals surface area contributed by atoms with Crippen LogP contribution >= 0.6 is 11.3 Å². The predicted octanol–water partition coefficient (Wildman–Crippen LogP) is 2.84. The second-order valence-corrected chi connectivity index (χ2v) is 7.61. The third-order valence-electron chi connectivity index (χ3n) is 4.05. The van der Waals surface area contributed by atoms with Gasteiger partial charge in [-0.25, -0.2) is 4.98 Å². The minimum absolute atomic E-state index is 0.156. The van der Waals surface area contributed by atoms with E-state index in [2.05, 4.69) is 20.9 Å². The van der Waals surface area contributed by atoms with Gasteiger partial charge in [-0.05, 0) is 37.8 Å². The molecule has 29 heavy (non-hydrogen) atoms. The van der Waals surface area contributed by atoms with Crippen LogP contribution in [0.5, 0.6) is 5.75 Å². The maximum atomic E-state index is 11.6. The van der Waals surface area contributed by atoms with Crippen molar-refractivity contribution >= 4 is 44.4 Å². The number of amides is 3. The van der Waals surface area contributed by atoms with E-state index in [9.17, 15) is 14.4 Å². The SMILES string of the molecule is CCCCNC(=O)C(=O)NCCCCCOc1cccc2sc(NC(C)=O)nc12. The van der Waals surface area contributed by atoms with Crippen LogP contribution in [0.1, 0.15) is 46.0 Å². The zero-order valence-electron chi connectivity index (χ0n) is 16.9. The normalized spacial score (nSPS) is 10.6. The Kier molecular flexibility index (Phi) is 9.36. The van der Waals surface area contributed by atoms with Crippen molar-refractivity contribution in [3.05, 3.63) is 18.2 Å². The quantitative estimate of drug-likeness (QED) is 0.383. The van der Waals surface area contributed by atoms with Crippen molar-refractivity contribution in [3.63, 3.8) is 0 Å². The summed E-state index contributed by atoms with van der Waals surface area (Å²) in [6.45, 7) is 4.98. The number of thiazole rings is 1. The second kappa shape index (κ2) is 12.0. The van der Waals surface area contributed by atoms with Gasteiger partial charge >= 0.3 is 11.8 Å². The summed E-state index contributed by atoms with van der Waals surface area (Å²) >= 11 is 1.41. The second-order valence-electron chi connectivity index (χ2n) is 6.58. The molecular weight excluding hydrogens is 392 g/mol. The third-order valence-corrected chi connectivity index (χ3v) is 4.99. The summed E-state index contributed by atoms with van der Waals surface area (Å²) in [7, 11) is 0. The fraction of sp³-hybridized carbons (Fsp3) is 0.500. The summed E-state index contributed by atoms with van der Waals surface area (Å²) in [6, 6.07) is 5.69. The van der Waals surface area contributed by atoms with Gasteiger partial charge in [0, 0.05) is 20.0 Å². The molecule has 1 aromatic heterocycles. The molecule has 2 aromatic rings. The summed E-state index contributed by atoms with van der Waals surface area (Å²) in [5.74, 6) is -0.622. The molecule has 0 spiro atoms. The fourth-order valence-corrected chi connectivity index (χ4v) is 3.50. The van der Waals surface area contributed by atoms with Crippen LogP contribution in [0.3, 0.4) is 0 Å². The number of fused-ring (bicyclic) bond motifs is 1. The minimum Gasteiger partial charge on any atom is -0.491 e. The molecule has 1 heterocycles. The minimum atomic E-state index is -0.581. The van der Waals surface area contributed by atoms with Crippen molar-refractivity contribution in [2.45, 2.75) is 46.0 Å². The number of ether oxygens (including phenoxy) is 1. The summed E-state index contributed by atoms with van der Waals surface area (Å²) in [4.78, 5) is 38.8. The van der Waals surface area contributed by atoms with Crippen LogP contribution in [-0.4, -0.2) is 42.4 Å². The molecule has 9 heteroatoms. The van der Waals surface area contributed by atoms with Crippen molar-refractivity contribution < 1.29 is 19.1 Å². The molecule has 0 saturated carbocycles. The maximum Gasteiger partial charge on any atom is 0.309 e.